The predicted octanol–water partition coefficient (Wildman–Crippen LogP) is 11.1. The normalized spacial score (nSPS) is 22.8. The third kappa shape index (κ3) is 7.59. The summed E-state index contributed by atoms with van der Waals surface area (Å²) in [6.45, 7) is 14.3. The van der Waals surface area contributed by atoms with E-state index >= 15 is 0 Å². The molecule has 3 aliphatic rings. The Labute approximate surface area is 273 Å². The van der Waals surface area contributed by atoms with Crippen LogP contribution >= 0.6 is 0 Å². The minimum absolute atomic E-state index is 0.399. The maximum Gasteiger partial charge on any atom is 0.118 e. The molecule has 0 aliphatic heterocycles. The van der Waals surface area contributed by atoms with Gasteiger partial charge in [-0.2, -0.15) is 0 Å². The minimum atomic E-state index is 0.399. The van der Waals surface area contributed by atoms with Crippen LogP contribution in [0.5, 0.6) is 5.75 Å². The first-order valence-corrected chi connectivity index (χ1v) is 17.9. The molecule has 45 heavy (non-hydrogen) atoms. The number of aryl methyl sites for hydroxylation is 1. The van der Waals surface area contributed by atoms with Crippen molar-refractivity contribution in [2.24, 2.45) is 17.8 Å². The van der Waals surface area contributed by atoms with Gasteiger partial charge in [0.25, 0.3) is 0 Å². The van der Waals surface area contributed by atoms with Crippen LogP contribution in [-0.2, 0) is 12.8 Å². The van der Waals surface area contributed by atoms with E-state index in [1.165, 1.54) is 67.5 Å². The maximum absolute atomic E-state index is 5.48. The summed E-state index contributed by atoms with van der Waals surface area (Å²) in [4.78, 5) is 2.58. The lowest BCUT2D eigenvalue weighted by molar-refractivity contribution is 0.345. The molecule has 0 amide bonds. The van der Waals surface area contributed by atoms with Crippen LogP contribution in [0.1, 0.15) is 106 Å². The Morgan fingerprint density at radius 3 is 2.20 bits per heavy atom. The molecule has 1 saturated carbocycles. The number of nitrogens with zero attached hydrogens (tertiary/aromatic N) is 1. The Balaban J connectivity index is 1.40. The minimum Gasteiger partial charge on any atom is -0.497 e. The molecule has 1 fully saturated rings. The lowest BCUT2D eigenvalue weighted by Gasteiger charge is -2.37. The van der Waals surface area contributed by atoms with E-state index < -0.39 is 0 Å². The number of benzene rings is 3. The van der Waals surface area contributed by atoms with Crippen LogP contribution in [0.2, 0.25) is 0 Å². The second-order valence-electron chi connectivity index (χ2n) is 14.4. The van der Waals surface area contributed by atoms with Crippen molar-refractivity contribution >= 4 is 5.69 Å². The van der Waals surface area contributed by atoms with Gasteiger partial charge in [-0.3, -0.25) is 0 Å². The molecular formula is C43H55NO. The Kier molecular flexibility index (Phi) is 10.2. The SMILES string of the molecule is C=C1CC(c2ccc(OC)cc2)CC2=C1C(c1ccc(N(CC)CC3CC3)cc1)CC(CC(C)CC)Cc1ccccc1CC2. The first kappa shape index (κ1) is 31.7. The molecule has 4 atom stereocenters. The Bertz CT molecular complexity index is 1460. The molecule has 0 heterocycles. The highest BCUT2D eigenvalue weighted by molar-refractivity contribution is 5.53. The van der Waals surface area contributed by atoms with Crippen molar-refractivity contribution in [3.8, 4) is 5.75 Å². The van der Waals surface area contributed by atoms with Crippen LogP contribution < -0.4 is 9.64 Å². The summed E-state index contributed by atoms with van der Waals surface area (Å²) in [5.74, 6) is 4.07. The van der Waals surface area contributed by atoms with Gasteiger partial charge in [0.2, 0.25) is 0 Å². The molecule has 0 radical (unpaired) electrons. The van der Waals surface area contributed by atoms with Crippen molar-refractivity contribution < 1.29 is 4.74 Å². The average molecular weight is 602 g/mol. The van der Waals surface area contributed by atoms with Gasteiger partial charge in [-0.1, -0.05) is 86.5 Å². The molecule has 6 rings (SSSR count). The average Bonchev–Trinajstić information content (AvgIpc) is 3.90. The fourth-order valence-electron chi connectivity index (χ4n) is 8.27. The molecule has 0 spiro atoms. The number of hydrogen-bond donors (Lipinski definition) is 0. The van der Waals surface area contributed by atoms with Crippen LogP contribution in [0.3, 0.4) is 0 Å². The number of rotatable bonds is 10. The van der Waals surface area contributed by atoms with Crippen molar-refractivity contribution in [1.82, 2.24) is 0 Å². The van der Waals surface area contributed by atoms with E-state index in [9.17, 15) is 0 Å². The van der Waals surface area contributed by atoms with Gasteiger partial charge >= 0.3 is 0 Å². The summed E-state index contributed by atoms with van der Waals surface area (Å²) in [6, 6.07) is 27.9. The zero-order valence-electron chi connectivity index (χ0n) is 28.4. The van der Waals surface area contributed by atoms with E-state index in [-0.39, 0.29) is 0 Å². The standard InChI is InChI=1S/C43H55NO/c1-6-30(3)24-33-26-37-11-9-8-10-34(37)14-15-38-28-39(35-18-22-41(45-5)23-19-35)25-31(4)43(38)42(27-33)36-16-20-40(21-17-36)44(7-2)29-32-12-13-32/h8-11,16-23,30,32-33,39,42H,4,6-7,12-15,24-29H2,1-3,5H3. The fourth-order valence-corrected chi connectivity index (χ4v) is 8.27. The highest BCUT2D eigenvalue weighted by atomic mass is 16.5. The van der Waals surface area contributed by atoms with Crippen LogP contribution in [0.4, 0.5) is 5.69 Å². The van der Waals surface area contributed by atoms with Crippen molar-refractivity contribution in [2.75, 3.05) is 25.1 Å². The lowest BCUT2D eigenvalue weighted by atomic mass is 9.68. The number of allylic oxidation sites excluding steroid dienone is 3. The van der Waals surface area contributed by atoms with Gasteiger partial charge in [-0.25, -0.2) is 0 Å². The van der Waals surface area contributed by atoms with E-state index in [0.29, 0.717) is 17.8 Å². The van der Waals surface area contributed by atoms with E-state index in [4.69, 9.17) is 11.3 Å². The van der Waals surface area contributed by atoms with Crippen LogP contribution in [0.15, 0.2) is 96.1 Å². The van der Waals surface area contributed by atoms with Crippen LogP contribution in [0, 0.1) is 17.8 Å². The van der Waals surface area contributed by atoms with Crippen molar-refractivity contribution in [1.29, 1.82) is 0 Å². The summed E-state index contributed by atoms with van der Waals surface area (Å²) >= 11 is 0. The molecule has 2 nitrogen and oxygen atoms in total. The summed E-state index contributed by atoms with van der Waals surface area (Å²) in [7, 11) is 1.75. The topological polar surface area (TPSA) is 12.5 Å². The van der Waals surface area contributed by atoms with E-state index in [1.807, 2.05) is 0 Å². The zero-order chi connectivity index (χ0) is 31.3. The van der Waals surface area contributed by atoms with Crippen LogP contribution in [-0.4, -0.2) is 20.2 Å². The quantitative estimate of drug-likeness (QED) is 0.229. The predicted molar refractivity (Wildman–Crippen MR) is 192 cm³/mol. The van der Waals surface area contributed by atoms with Gasteiger partial charge < -0.3 is 9.64 Å². The maximum atomic E-state index is 5.48. The molecule has 0 saturated heterocycles. The van der Waals surface area contributed by atoms with E-state index in [1.54, 1.807) is 29.4 Å². The molecule has 4 unspecified atom stereocenters. The Hall–Kier alpha value is -3.26. The highest BCUT2D eigenvalue weighted by Gasteiger charge is 2.33. The summed E-state index contributed by atoms with van der Waals surface area (Å²) < 4.78 is 5.48. The smallest absolute Gasteiger partial charge is 0.118 e. The molecule has 238 valence electrons. The Morgan fingerprint density at radius 1 is 0.822 bits per heavy atom. The summed E-state index contributed by atoms with van der Waals surface area (Å²) in [5.41, 5.74) is 12.0. The van der Waals surface area contributed by atoms with Crippen LogP contribution in [0.25, 0.3) is 0 Å². The van der Waals surface area contributed by atoms with Gasteiger partial charge in [-0.05, 0) is 140 Å². The monoisotopic (exact) mass is 601 g/mol. The number of hydrogen-bond acceptors (Lipinski definition) is 2. The van der Waals surface area contributed by atoms with E-state index in [2.05, 4.69) is 98.5 Å². The molecule has 3 aromatic carbocycles. The molecule has 3 aliphatic carbocycles. The molecule has 0 aromatic heterocycles. The zero-order valence-corrected chi connectivity index (χ0v) is 28.4. The molecule has 0 bridgehead atoms. The molecule has 0 N–H and O–H groups in total. The Morgan fingerprint density at radius 2 is 1.53 bits per heavy atom. The van der Waals surface area contributed by atoms with E-state index in [0.717, 1.165) is 49.8 Å². The van der Waals surface area contributed by atoms with Gasteiger partial charge in [-0.15, -0.1) is 0 Å². The molecular weight excluding hydrogens is 546 g/mol. The number of anilines is 1. The number of fused-ring (bicyclic) bond motifs is 1. The first-order valence-electron chi connectivity index (χ1n) is 17.9. The van der Waals surface area contributed by atoms with Gasteiger partial charge in [0.1, 0.15) is 5.75 Å². The third-order valence-electron chi connectivity index (χ3n) is 11.2. The third-order valence-corrected chi connectivity index (χ3v) is 11.2. The van der Waals surface area contributed by atoms with Crippen molar-refractivity contribution in [2.45, 2.75) is 96.8 Å². The summed E-state index contributed by atoms with van der Waals surface area (Å²) in [6.07, 6.45) is 12.1. The van der Waals surface area contributed by atoms with Gasteiger partial charge in [0, 0.05) is 24.7 Å². The molecule has 3 aromatic rings. The summed E-state index contributed by atoms with van der Waals surface area (Å²) in [5, 5.41) is 0. The van der Waals surface area contributed by atoms with Gasteiger partial charge in [0.05, 0.1) is 7.11 Å². The number of methoxy groups -OCH3 is 1. The largest absolute Gasteiger partial charge is 0.497 e. The second-order valence-corrected chi connectivity index (χ2v) is 14.4. The van der Waals surface area contributed by atoms with Crippen molar-refractivity contribution in [3.05, 3.63) is 118 Å². The lowest BCUT2D eigenvalue weighted by Crippen LogP contribution is -2.25. The van der Waals surface area contributed by atoms with Gasteiger partial charge in [0.15, 0.2) is 0 Å². The fraction of sp³-hybridized carbons (Fsp3) is 0.488. The second kappa shape index (κ2) is 14.4. The molecule has 2 heteroatoms. The van der Waals surface area contributed by atoms with Crippen molar-refractivity contribution in [3.63, 3.8) is 0 Å². The number of ether oxygens (including phenoxy) is 1. The highest BCUT2D eigenvalue weighted by Crippen LogP contribution is 2.49. The first-order chi connectivity index (χ1) is 21.9.